The van der Waals surface area contributed by atoms with Crippen molar-refractivity contribution in [2.75, 3.05) is 19.5 Å². The summed E-state index contributed by atoms with van der Waals surface area (Å²) in [5, 5.41) is 13.3. The van der Waals surface area contributed by atoms with E-state index in [1.807, 2.05) is 6.92 Å². The Bertz CT molecular complexity index is 1050. The number of hydrogen-bond acceptors (Lipinski definition) is 5. The number of ether oxygens (including phenoxy) is 2. The number of aromatic nitrogens is 1. The molecule has 0 saturated carbocycles. The van der Waals surface area contributed by atoms with Gasteiger partial charge in [0.25, 0.3) is 5.91 Å². The van der Waals surface area contributed by atoms with E-state index < -0.39 is 5.97 Å². The SMILES string of the molecule is COc1ccc(C(=O)Nc2cccc3c(C(=O)O)ncc(C)c23)cc1OC. The predicted molar refractivity (Wildman–Crippen MR) is 101 cm³/mol. The lowest BCUT2D eigenvalue weighted by Crippen LogP contribution is -2.13. The van der Waals surface area contributed by atoms with E-state index in [1.54, 1.807) is 36.4 Å². The maximum absolute atomic E-state index is 12.7. The van der Waals surface area contributed by atoms with E-state index in [1.165, 1.54) is 20.4 Å². The number of anilines is 1. The van der Waals surface area contributed by atoms with E-state index in [2.05, 4.69) is 10.3 Å². The molecule has 0 bridgehead atoms. The summed E-state index contributed by atoms with van der Waals surface area (Å²) in [6, 6.07) is 9.93. The molecule has 1 aromatic heterocycles. The zero-order valence-corrected chi connectivity index (χ0v) is 15.1. The molecule has 27 heavy (non-hydrogen) atoms. The molecule has 3 rings (SSSR count). The summed E-state index contributed by atoms with van der Waals surface area (Å²) in [4.78, 5) is 28.1. The number of carbonyl (C=O) groups is 2. The van der Waals surface area contributed by atoms with Crippen LogP contribution in [0, 0.1) is 6.92 Å². The normalized spacial score (nSPS) is 10.5. The molecule has 3 aromatic rings. The summed E-state index contributed by atoms with van der Waals surface area (Å²) in [5.41, 5.74) is 1.60. The Kier molecular flexibility index (Phi) is 4.94. The number of hydrogen-bond donors (Lipinski definition) is 2. The van der Waals surface area contributed by atoms with Crippen LogP contribution in [0.1, 0.15) is 26.4 Å². The Hall–Kier alpha value is -3.61. The monoisotopic (exact) mass is 366 g/mol. The van der Waals surface area contributed by atoms with Crippen LogP contribution in [0.3, 0.4) is 0 Å². The zero-order chi connectivity index (χ0) is 19.6. The van der Waals surface area contributed by atoms with Crippen LogP contribution in [0.15, 0.2) is 42.6 Å². The number of fused-ring (bicyclic) bond motifs is 1. The first kappa shape index (κ1) is 18.2. The number of carboxylic acid groups (broad SMARTS) is 1. The van der Waals surface area contributed by atoms with Crippen molar-refractivity contribution >= 4 is 28.3 Å². The average Bonchev–Trinajstić information content (AvgIpc) is 2.67. The first-order valence-electron chi connectivity index (χ1n) is 8.11. The maximum atomic E-state index is 12.7. The molecule has 0 aliphatic heterocycles. The molecular formula is C20H18N2O5. The zero-order valence-electron chi connectivity index (χ0n) is 15.1. The Labute approximate surface area is 155 Å². The van der Waals surface area contributed by atoms with Gasteiger partial charge in [-0.2, -0.15) is 0 Å². The minimum atomic E-state index is -1.12. The Morgan fingerprint density at radius 3 is 2.48 bits per heavy atom. The molecule has 1 heterocycles. The van der Waals surface area contributed by atoms with Crippen molar-refractivity contribution in [3.63, 3.8) is 0 Å². The highest BCUT2D eigenvalue weighted by molar-refractivity contribution is 6.12. The molecule has 7 nitrogen and oxygen atoms in total. The van der Waals surface area contributed by atoms with E-state index in [9.17, 15) is 14.7 Å². The fraction of sp³-hybridized carbons (Fsp3) is 0.150. The van der Waals surface area contributed by atoms with Gasteiger partial charge in [0, 0.05) is 28.2 Å². The lowest BCUT2D eigenvalue weighted by molar-refractivity contribution is 0.0692. The van der Waals surface area contributed by atoms with Crippen molar-refractivity contribution in [1.29, 1.82) is 0 Å². The standard InChI is InChI=1S/C20H18N2O5/c1-11-10-21-18(20(24)25)13-5-4-6-14(17(11)13)22-19(23)12-7-8-15(26-2)16(9-12)27-3/h4-10H,1-3H3,(H,22,23)(H,24,25). The molecule has 0 atom stereocenters. The third-order valence-corrected chi connectivity index (χ3v) is 4.20. The van der Waals surface area contributed by atoms with Crippen molar-refractivity contribution in [1.82, 2.24) is 4.98 Å². The molecule has 2 aromatic carbocycles. The number of nitrogens with one attached hydrogen (secondary N) is 1. The number of benzene rings is 2. The van der Waals surface area contributed by atoms with Crippen molar-refractivity contribution < 1.29 is 24.2 Å². The van der Waals surface area contributed by atoms with Crippen LogP contribution in [0.2, 0.25) is 0 Å². The Morgan fingerprint density at radius 2 is 1.81 bits per heavy atom. The minimum absolute atomic E-state index is 0.0576. The molecule has 0 unspecified atom stereocenters. The lowest BCUT2D eigenvalue weighted by atomic mass is 10.0. The number of carboxylic acids is 1. The van der Waals surface area contributed by atoms with Gasteiger partial charge in [0.15, 0.2) is 17.2 Å². The Balaban J connectivity index is 2.03. The summed E-state index contributed by atoms with van der Waals surface area (Å²) in [6.45, 7) is 1.81. The second-order valence-corrected chi connectivity index (χ2v) is 5.85. The van der Waals surface area contributed by atoms with Crippen LogP contribution in [0.4, 0.5) is 5.69 Å². The van der Waals surface area contributed by atoms with Crippen LogP contribution in [0.5, 0.6) is 11.5 Å². The molecule has 0 spiro atoms. The summed E-state index contributed by atoms with van der Waals surface area (Å²) >= 11 is 0. The van der Waals surface area contributed by atoms with E-state index in [0.717, 1.165) is 5.56 Å². The van der Waals surface area contributed by atoms with Gasteiger partial charge in [0.2, 0.25) is 0 Å². The van der Waals surface area contributed by atoms with Crippen molar-refractivity contribution in [2.24, 2.45) is 0 Å². The third-order valence-electron chi connectivity index (χ3n) is 4.20. The van der Waals surface area contributed by atoms with Gasteiger partial charge in [0.1, 0.15) is 0 Å². The van der Waals surface area contributed by atoms with Crippen LogP contribution in [-0.2, 0) is 0 Å². The number of rotatable bonds is 5. The fourth-order valence-corrected chi connectivity index (χ4v) is 2.92. The van der Waals surface area contributed by atoms with E-state index >= 15 is 0 Å². The topological polar surface area (TPSA) is 97.8 Å². The first-order chi connectivity index (χ1) is 13.0. The number of pyridine rings is 1. The van der Waals surface area contributed by atoms with Crippen molar-refractivity contribution in [3.05, 3.63) is 59.4 Å². The highest BCUT2D eigenvalue weighted by Crippen LogP contribution is 2.30. The second-order valence-electron chi connectivity index (χ2n) is 5.85. The average molecular weight is 366 g/mol. The summed E-state index contributed by atoms with van der Waals surface area (Å²) < 4.78 is 10.4. The van der Waals surface area contributed by atoms with Crippen LogP contribution >= 0.6 is 0 Å². The second kappa shape index (κ2) is 7.33. The number of carbonyl (C=O) groups excluding carboxylic acids is 1. The molecule has 2 N–H and O–H groups in total. The molecule has 0 radical (unpaired) electrons. The van der Waals surface area contributed by atoms with Gasteiger partial charge in [-0.15, -0.1) is 0 Å². The van der Waals surface area contributed by atoms with E-state index in [4.69, 9.17) is 9.47 Å². The Morgan fingerprint density at radius 1 is 1.07 bits per heavy atom. The smallest absolute Gasteiger partial charge is 0.355 e. The fourth-order valence-electron chi connectivity index (χ4n) is 2.92. The van der Waals surface area contributed by atoms with Gasteiger partial charge in [-0.1, -0.05) is 12.1 Å². The van der Waals surface area contributed by atoms with Gasteiger partial charge in [0.05, 0.1) is 14.2 Å². The quantitative estimate of drug-likeness (QED) is 0.717. The van der Waals surface area contributed by atoms with Gasteiger partial charge >= 0.3 is 5.97 Å². The molecule has 138 valence electrons. The first-order valence-corrected chi connectivity index (χ1v) is 8.11. The number of aryl methyl sites for hydroxylation is 1. The number of nitrogens with zero attached hydrogens (tertiary/aromatic N) is 1. The highest BCUT2D eigenvalue weighted by atomic mass is 16.5. The molecular weight excluding hydrogens is 348 g/mol. The molecule has 7 heteroatoms. The van der Waals surface area contributed by atoms with Gasteiger partial charge < -0.3 is 19.9 Å². The molecule has 0 saturated heterocycles. The summed E-state index contributed by atoms with van der Waals surface area (Å²) in [6.07, 6.45) is 1.48. The lowest BCUT2D eigenvalue weighted by Gasteiger charge is -2.13. The van der Waals surface area contributed by atoms with E-state index in [-0.39, 0.29) is 11.6 Å². The van der Waals surface area contributed by atoms with Crippen LogP contribution < -0.4 is 14.8 Å². The van der Waals surface area contributed by atoms with Gasteiger partial charge in [-0.05, 0) is 36.8 Å². The van der Waals surface area contributed by atoms with Crippen molar-refractivity contribution in [3.8, 4) is 11.5 Å². The number of methoxy groups -OCH3 is 2. The molecule has 1 amide bonds. The number of aromatic carboxylic acids is 1. The van der Waals surface area contributed by atoms with Gasteiger partial charge in [-0.3, -0.25) is 4.79 Å². The molecule has 0 fully saturated rings. The maximum Gasteiger partial charge on any atom is 0.355 e. The largest absolute Gasteiger partial charge is 0.493 e. The van der Waals surface area contributed by atoms with Crippen LogP contribution in [-0.4, -0.2) is 36.2 Å². The predicted octanol–water partition coefficient (Wildman–Crippen LogP) is 3.51. The minimum Gasteiger partial charge on any atom is -0.493 e. The third kappa shape index (κ3) is 3.39. The molecule has 0 aliphatic rings. The van der Waals surface area contributed by atoms with Crippen LogP contribution in [0.25, 0.3) is 10.8 Å². The molecule has 0 aliphatic carbocycles. The summed E-state index contributed by atoms with van der Waals surface area (Å²) in [5.74, 6) is -0.510. The van der Waals surface area contributed by atoms with Crippen molar-refractivity contribution in [2.45, 2.75) is 6.92 Å². The number of amides is 1. The highest BCUT2D eigenvalue weighted by Gasteiger charge is 2.16. The summed E-state index contributed by atoms with van der Waals surface area (Å²) in [7, 11) is 3.01. The van der Waals surface area contributed by atoms with Gasteiger partial charge in [-0.25, -0.2) is 9.78 Å². The van der Waals surface area contributed by atoms with E-state index in [0.29, 0.717) is 33.5 Å².